The Morgan fingerprint density at radius 3 is 2.17 bits per heavy atom. The van der Waals surface area contributed by atoms with Crippen molar-refractivity contribution in [2.24, 2.45) is 5.41 Å². The van der Waals surface area contributed by atoms with E-state index in [1.165, 1.54) is 38.5 Å². The molecular weight excluding hydrogens is 887 g/mol. The first-order valence-electron chi connectivity index (χ1n) is 19.6. The molecule has 4 heterocycles. The summed E-state index contributed by atoms with van der Waals surface area (Å²) in [5.41, 5.74) is 13.2. The van der Waals surface area contributed by atoms with Crippen LogP contribution in [-0.4, -0.2) is 14.5 Å². The summed E-state index contributed by atoms with van der Waals surface area (Å²) in [6.45, 7) is 8.99. The van der Waals surface area contributed by atoms with Crippen molar-refractivity contribution in [3.8, 4) is 28.2 Å². The normalized spacial score (nSPS) is 12.0. The molecule has 4 aromatic heterocycles. The van der Waals surface area contributed by atoms with Gasteiger partial charge in [-0.2, -0.15) is 0 Å². The van der Waals surface area contributed by atoms with E-state index < -0.39 is 0 Å². The number of aromatic nitrogens is 3. The number of nitrogens with zero attached hydrogens (tertiary/aromatic N) is 3. The second-order valence-corrected chi connectivity index (χ2v) is 15.9. The second-order valence-electron chi connectivity index (χ2n) is 15.9. The predicted molar refractivity (Wildman–Crippen MR) is 236 cm³/mol. The van der Waals surface area contributed by atoms with Gasteiger partial charge in [-0.25, -0.2) is 0 Å². The molecule has 0 spiro atoms. The smallest absolute Gasteiger partial charge is 0.120 e. The van der Waals surface area contributed by atoms with Gasteiger partial charge in [-0.1, -0.05) is 152 Å². The number of hydrogen-bond donors (Lipinski definition) is 0. The van der Waals surface area contributed by atoms with Gasteiger partial charge in [0.2, 0.25) is 0 Å². The van der Waals surface area contributed by atoms with Crippen molar-refractivity contribution in [2.75, 3.05) is 0 Å². The van der Waals surface area contributed by atoms with Gasteiger partial charge in [0.15, 0.2) is 0 Å². The zero-order chi connectivity index (χ0) is 38.9. The SMILES string of the molecule is CC(C)(C)Cc1ccnc(-c2[c-]ccc3c2oc2ccccc23)c1.CC(c1ccccc1)c1cccnc1-c1[c-]cc2c3ccccc3n(-c3ccccc3)c2c1.[Ir]. The molecule has 0 fully saturated rings. The van der Waals surface area contributed by atoms with E-state index in [9.17, 15) is 0 Å². The van der Waals surface area contributed by atoms with E-state index in [0.717, 1.165) is 56.6 Å². The molecule has 0 aliphatic carbocycles. The van der Waals surface area contributed by atoms with Crippen LogP contribution in [0.1, 0.15) is 50.3 Å². The third-order valence-electron chi connectivity index (χ3n) is 10.6. The number of furan rings is 1. The minimum absolute atomic E-state index is 0. The largest absolute Gasteiger partial charge is 0.501 e. The molecule has 58 heavy (non-hydrogen) atoms. The standard InChI is InChI=1S/C31H23N2.C22H20NO.Ir/c1-22(23-11-4-2-5-12-23)26-16-10-20-32-31(26)24-18-19-28-27-15-8-9-17-29(27)33(30(28)21-24)25-13-6-3-7-14-25;1-22(2,3)14-15-11-12-23-19(13-15)18-9-6-8-17-16-7-4-5-10-20(16)24-21(17)18;/h2-17,19-22H,1H3;4-8,10-13H,14H2,1-3H3;/q2*-1;. The molecule has 0 aliphatic rings. The Kier molecular flexibility index (Phi) is 10.9. The third-order valence-corrected chi connectivity index (χ3v) is 10.6. The van der Waals surface area contributed by atoms with Crippen LogP contribution < -0.4 is 0 Å². The summed E-state index contributed by atoms with van der Waals surface area (Å²) in [7, 11) is 0. The molecule has 0 saturated carbocycles. The first-order valence-corrected chi connectivity index (χ1v) is 19.6. The fraction of sp³-hybridized carbons (Fsp3) is 0.132. The van der Waals surface area contributed by atoms with Gasteiger partial charge in [0.25, 0.3) is 0 Å². The zero-order valence-corrected chi connectivity index (χ0v) is 35.4. The molecule has 10 aromatic rings. The average Bonchev–Trinajstić information content (AvgIpc) is 3.79. The van der Waals surface area contributed by atoms with E-state index >= 15 is 0 Å². The molecule has 0 amide bonds. The van der Waals surface area contributed by atoms with Gasteiger partial charge < -0.3 is 19.0 Å². The van der Waals surface area contributed by atoms with Crippen LogP contribution >= 0.6 is 0 Å². The quantitative estimate of drug-likeness (QED) is 0.156. The Bertz CT molecular complexity index is 2990. The number of pyridine rings is 2. The fourth-order valence-electron chi connectivity index (χ4n) is 8.03. The van der Waals surface area contributed by atoms with Crippen molar-refractivity contribution in [1.82, 2.24) is 14.5 Å². The van der Waals surface area contributed by atoms with Crippen molar-refractivity contribution >= 4 is 43.7 Å². The topological polar surface area (TPSA) is 43.9 Å². The molecule has 287 valence electrons. The Morgan fingerprint density at radius 1 is 0.655 bits per heavy atom. The summed E-state index contributed by atoms with van der Waals surface area (Å²) in [6, 6.07) is 61.6. The van der Waals surface area contributed by atoms with Crippen molar-refractivity contribution in [2.45, 2.75) is 40.0 Å². The minimum Gasteiger partial charge on any atom is -0.501 e. The summed E-state index contributed by atoms with van der Waals surface area (Å²) in [4.78, 5) is 9.39. The van der Waals surface area contributed by atoms with E-state index in [-0.39, 0.29) is 31.4 Å². The summed E-state index contributed by atoms with van der Waals surface area (Å²) in [6.07, 6.45) is 4.77. The van der Waals surface area contributed by atoms with Crippen molar-refractivity contribution in [3.05, 3.63) is 199 Å². The number of fused-ring (bicyclic) bond motifs is 6. The molecule has 1 radical (unpaired) electrons. The maximum absolute atomic E-state index is 6.11. The van der Waals surface area contributed by atoms with Crippen LogP contribution in [0, 0.1) is 17.5 Å². The Hall–Kier alpha value is -6.13. The molecule has 0 aliphatic heterocycles. The molecular formula is C53H43IrN3O-2. The van der Waals surface area contributed by atoms with Crippen LogP contribution in [0.2, 0.25) is 0 Å². The molecule has 0 N–H and O–H groups in total. The Balaban J connectivity index is 0.000000167. The maximum Gasteiger partial charge on any atom is 0.120 e. The van der Waals surface area contributed by atoms with Crippen LogP contribution in [0.5, 0.6) is 0 Å². The number of para-hydroxylation sites is 3. The monoisotopic (exact) mass is 930 g/mol. The molecule has 0 saturated heterocycles. The van der Waals surface area contributed by atoms with E-state index in [0.29, 0.717) is 0 Å². The molecule has 0 bridgehead atoms. The van der Waals surface area contributed by atoms with Crippen molar-refractivity contribution in [1.29, 1.82) is 0 Å². The Morgan fingerprint density at radius 2 is 1.38 bits per heavy atom. The van der Waals surface area contributed by atoms with Gasteiger partial charge in [-0.05, 0) is 82.0 Å². The fourth-order valence-corrected chi connectivity index (χ4v) is 8.03. The van der Waals surface area contributed by atoms with Crippen LogP contribution in [0.3, 0.4) is 0 Å². The van der Waals surface area contributed by atoms with E-state index in [1.807, 2.05) is 42.7 Å². The van der Waals surface area contributed by atoms with Crippen molar-refractivity contribution < 1.29 is 24.5 Å². The molecule has 1 atom stereocenters. The maximum atomic E-state index is 6.11. The van der Waals surface area contributed by atoms with Gasteiger partial charge in [-0.3, -0.25) is 0 Å². The average molecular weight is 930 g/mol. The summed E-state index contributed by atoms with van der Waals surface area (Å²) in [5, 5.41) is 4.68. The van der Waals surface area contributed by atoms with E-state index in [2.05, 4.69) is 177 Å². The Labute approximate surface area is 353 Å². The van der Waals surface area contributed by atoms with Gasteiger partial charge in [0.1, 0.15) is 5.58 Å². The molecule has 1 unspecified atom stereocenters. The molecule has 4 nitrogen and oxygen atoms in total. The van der Waals surface area contributed by atoms with E-state index in [1.54, 1.807) is 0 Å². The van der Waals surface area contributed by atoms with Gasteiger partial charge in [-0.15, -0.1) is 42.0 Å². The second kappa shape index (κ2) is 16.4. The van der Waals surface area contributed by atoms with Crippen molar-refractivity contribution in [3.63, 3.8) is 0 Å². The molecule has 6 aromatic carbocycles. The summed E-state index contributed by atoms with van der Waals surface area (Å²) >= 11 is 0. The third kappa shape index (κ3) is 7.64. The minimum atomic E-state index is 0. The van der Waals surface area contributed by atoms with Crippen LogP contribution in [-0.2, 0) is 26.5 Å². The summed E-state index contributed by atoms with van der Waals surface area (Å²) in [5.74, 6) is 0.235. The number of rotatable bonds is 6. The zero-order valence-electron chi connectivity index (χ0n) is 33.0. The van der Waals surface area contributed by atoms with E-state index in [4.69, 9.17) is 9.40 Å². The van der Waals surface area contributed by atoms with Crippen LogP contribution in [0.25, 0.3) is 71.9 Å². The van der Waals surface area contributed by atoms with Gasteiger partial charge >= 0.3 is 0 Å². The van der Waals surface area contributed by atoms with Crippen LogP contribution in [0.15, 0.2) is 175 Å². The number of hydrogen-bond acceptors (Lipinski definition) is 3. The predicted octanol–water partition coefficient (Wildman–Crippen LogP) is 13.8. The van der Waals surface area contributed by atoms with Gasteiger partial charge in [0, 0.05) is 49.1 Å². The first-order chi connectivity index (χ1) is 27.8. The summed E-state index contributed by atoms with van der Waals surface area (Å²) < 4.78 is 8.45. The first kappa shape index (κ1) is 38.7. The number of benzene rings is 6. The van der Waals surface area contributed by atoms with Gasteiger partial charge in [0.05, 0.1) is 5.58 Å². The molecule has 5 heteroatoms. The molecule has 10 rings (SSSR count). The van der Waals surface area contributed by atoms with Crippen LogP contribution in [0.4, 0.5) is 0 Å².